The Hall–Kier alpha value is -3.48. The minimum Gasteiger partial charge on any atom is -0.496 e. The molecule has 3 rings (SSSR count). The molecule has 2 N–H and O–H groups in total. The van der Waals surface area contributed by atoms with Gasteiger partial charge in [0.15, 0.2) is 0 Å². The lowest BCUT2D eigenvalue weighted by Crippen LogP contribution is -2.24. The minimum absolute atomic E-state index is 0.167. The molecule has 0 radical (unpaired) electrons. The SMILES string of the molecule is CCCNC(=O)c1ccc(-c2cc(NCCc3ccccc3OC)ncn2)cn1. The number of nitrogens with one attached hydrogen (secondary N) is 2. The van der Waals surface area contributed by atoms with Crippen LogP contribution in [0.3, 0.4) is 0 Å². The number of nitrogens with zero attached hydrogens (tertiary/aromatic N) is 3. The quantitative estimate of drug-likeness (QED) is 0.582. The monoisotopic (exact) mass is 391 g/mol. The van der Waals surface area contributed by atoms with Crippen molar-refractivity contribution in [1.29, 1.82) is 0 Å². The van der Waals surface area contributed by atoms with Crippen molar-refractivity contribution in [2.45, 2.75) is 19.8 Å². The molecule has 0 aliphatic rings. The molecule has 7 nitrogen and oxygen atoms in total. The Labute approximate surface area is 170 Å². The number of methoxy groups -OCH3 is 1. The highest BCUT2D eigenvalue weighted by Gasteiger charge is 2.08. The van der Waals surface area contributed by atoms with E-state index in [-0.39, 0.29) is 5.91 Å². The van der Waals surface area contributed by atoms with Gasteiger partial charge in [0.25, 0.3) is 5.91 Å². The van der Waals surface area contributed by atoms with Gasteiger partial charge in [0.1, 0.15) is 23.6 Å². The normalized spacial score (nSPS) is 10.4. The fourth-order valence-corrected chi connectivity index (χ4v) is 2.86. The molecule has 1 amide bonds. The van der Waals surface area contributed by atoms with E-state index in [2.05, 4.69) is 31.7 Å². The molecule has 29 heavy (non-hydrogen) atoms. The van der Waals surface area contributed by atoms with E-state index in [1.165, 1.54) is 6.33 Å². The summed E-state index contributed by atoms with van der Waals surface area (Å²) in [5, 5.41) is 6.13. The number of hydrogen-bond donors (Lipinski definition) is 2. The van der Waals surface area contributed by atoms with Gasteiger partial charge in [-0.1, -0.05) is 25.1 Å². The highest BCUT2D eigenvalue weighted by atomic mass is 16.5. The van der Waals surface area contributed by atoms with Crippen molar-refractivity contribution in [1.82, 2.24) is 20.3 Å². The van der Waals surface area contributed by atoms with Crippen LogP contribution in [0.1, 0.15) is 29.4 Å². The molecule has 2 aromatic heterocycles. The molecule has 0 atom stereocenters. The Morgan fingerprint density at radius 2 is 1.93 bits per heavy atom. The minimum atomic E-state index is -0.167. The Bertz CT molecular complexity index is 944. The Morgan fingerprint density at radius 3 is 2.69 bits per heavy atom. The van der Waals surface area contributed by atoms with Gasteiger partial charge in [-0.2, -0.15) is 0 Å². The van der Waals surface area contributed by atoms with Crippen LogP contribution in [0.5, 0.6) is 5.75 Å². The van der Waals surface area contributed by atoms with Crippen LogP contribution in [0, 0.1) is 0 Å². The topological polar surface area (TPSA) is 89.0 Å². The summed E-state index contributed by atoms with van der Waals surface area (Å²) < 4.78 is 5.38. The number of anilines is 1. The highest BCUT2D eigenvalue weighted by molar-refractivity contribution is 5.92. The zero-order valence-corrected chi connectivity index (χ0v) is 16.7. The standard InChI is InChI=1S/C22H25N5O2/c1-3-11-24-22(28)18-9-8-17(14-25-18)19-13-21(27-15-26-19)23-12-10-16-6-4-5-7-20(16)29-2/h4-9,13-15H,3,10-12H2,1-2H3,(H,24,28)(H,23,26,27). The van der Waals surface area contributed by atoms with Gasteiger partial charge in [-0.3, -0.25) is 9.78 Å². The van der Waals surface area contributed by atoms with E-state index in [0.29, 0.717) is 18.8 Å². The van der Waals surface area contributed by atoms with Gasteiger partial charge in [0, 0.05) is 30.9 Å². The number of pyridine rings is 1. The van der Waals surface area contributed by atoms with Gasteiger partial charge in [-0.05, 0) is 36.6 Å². The largest absolute Gasteiger partial charge is 0.496 e. The summed E-state index contributed by atoms with van der Waals surface area (Å²) in [6, 6.07) is 13.4. The van der Waals surface area contributed by atoms with Crippen molar-refractivity contribution < 1.29 is 9.53 Å². The number of para-hydroxylation sites is 1. The Balaban J connectivity index is 1.62. The second kappa shape index (κ2) is 10.2. The predicted molar refractivity (Wildman–Crippen MR) is 113 cm³/mol. The molecule has 0 saturated carbocycles. The van der Waals surface area contributed by atoms with Crippen molar-refractivity contribution in [2.75, 3.05) is 25.5 Å². The van der Waals surface area contributed by atoms with E-state index in [9.17, 15) is 4.79 Å². The van der Waals surface area contributed by atoms with E-state index < -0.39 is 0 Å². The molecule has 2 heterocycles. The van der Waals surface area contributed by atoms with Crippen LogP contribution in [-0.4, -0.2) is 41.1 Å². The number of amides is 1. The Kier molecular flexibility index (Phi) is 7.10. The van der Waals surface area contributed by atoms with Crippen LogP contribution in [0.4, 0.5) is 5.82 Å². The predicted octanol–water partition coefficient (Wildman–Crippen LogP) is 3.34. The summed E-state index contributed by atoms with van der Waals surface area (Å²) in [5.74, 6) is 1.45. The lowest BCUT2D eigenvalue weighted by molar-refractivity contribution is 0.0948. The van der Waals surface area contributed by atoms with Crippen LogP contribution < -0.4 is 15.4 Å². The number of carbonyl (C=O) groups is 1. The lowest BCUT2D eigenvalue weighted by atomic mass is 10.1. The van der Waals surface area contributed by atoms with Crippen molar-refractivity contribution >= 4 is 11.7 Å². The average molecular weight is 391 g/mol. The number of rotatable bonds is 9. The summed E-state index contributed by atoms with van der Waals surface area (Å²) in [6.07, 6.45) is 4.87. The first kappa shape index (κ1) is 20.3. The molecule has 0 spiro atoms. The molecule has 7 heteroatoms. The molecule has 3 aromatic rings. The van der Waals surface area contributed by atoms with E-state index in [0.717, 1.165) is 41.2 Å². The van der Waals surface area contributed by atoms with Gasteiger partial charge >= 0.3 is 0 Å². The van der Waals surface area contributed by atoms with Gasteiger partial charge in [0.05, 0.1) is 12.8 Å². The molecule has 0 unspecified atom stereocenters. The van der Waals surface area contributed by atoms with Gasteiger partial charge in [0.2, 0.25) is 0 Å². The lowest BCUT2D eigenvalue weighted by Gasteiger charge is -2.10. The summed E-state index contributed by atoms with van der Waals surface area (Å²) in [4.78, 5) is 24.8. The number of ether oxygens (including phenoxy) is 1. The van der Waals surface area contributed by atoms with E-state index in [1.54, 1.807) is 19.4 Å². The number of aromatic nitrogens is 3. The van der Waals surface area contributed by atoms with Crippen molar-refractivity contribution in [3.05, 3.63) is 66.2 Å². The smallest absolute Gasteiger partial charge is 0.269 e. The molecule has 0 fully saturated rings. The van der Waals surface area contributed by atoms with Crippen molar-refractivity contribution in [3.8, 4) is 17.0 Å². The first-order valence-electron chi connectivity index (χ1n) is 9.63. The maximum Gasteiger partial charge on any atom is 0.269 e. The maximum atomic E-state index is 12.0. The third-order valence-electron chi connectivity index (χ3n) is 4.39. The van der Waals surface area contributed by atoms with Crippen LogP contribution >= 0.6 is 0 Å². The average Bonchev–Trinajstić information content (AvgIpc) is 2.78. The summed E-state index contributed by atoms with van der Waals surface area (Å²) in [7, 11) is 1.68. The first-order chi connectivity index (χ1) is 14.2. The van der Waals surface area contributed by atoms with Crippen LogP contribution in [0.2, 0.25) is 0 Å². The van der Waals surface area contributed by atoms with Crippen molar-refractivity contribution in [2.24, 2.45) is 0 Å². The van der Waals surface area contributed by atoms with Gasteiger partial charge < -0.3 is 15.4 Å². The fraction of sp³-hybridized carbons (Fsp3) is 0.273. The second-order valence-corrected chi connectivity index (χ2v) is 6.47. The van der Waals surface area contributed by atoms with E-state index in [4.69, 9.17) is 4.74 Å². The Morgan fingerprint density at radius 1 is 1.07 bits per heavy atom. The van der Waals surface area contributed by atoms with Crippen molar-refractivity contribution in [3.63, 3.8) is 0 Å². The fourth-order valence-electron chi connectivity index (χ4n) is 2.86. The summed E-state index contributed by atoms with van der Waals surface area (Å²) in [5.41, 5.74) is 3.10. The second-order valence-electron chi connectivity index (χ2n) is 6.47. The molecule has 0 aliphatic heterocycles. The first-order valence-corrected chi connectivity index (χ1v) is 9.63. The summed E-state index contributed by atoms with van der Waals surface area (Å²) in [6.45, 7) is 3.36. The molecule has 1 aromatic carbocycles. The highest BCUT2D eigenvalue weighted by Crippen LogP contribution is 2.20. The third-order valence-corrected chi connectivity index (χ3v) is 4.39. The summed E-state index contributed by atoms with van der Waals surface area (Å²) >= 11 is 0. The number of carbonyl (C=O) groups excluding carboxylic acids is 1. The zero-order valence-electron chi connectivity index (χ0n) is 16.7. The molecule has 0 aliphatic carbocycles. The number of benzene rings is 1. The zero-order chi connectivity index (χ0) is 20.5. The third kappa shape index (κ3) is 5.51. The van der Waals surface area contributed by atoms with Crippen LogP contribution in [0.25, 0.3) is 11.3 Å². The molecule has 0 saturated heterocycles. The number of hydrogen-bond acceptors (Lipinski definition) is 6. The molecule has 150 valence electrons. The van der Waals surface area contributed by atoms with Crippen LogP contribution in [0.15, 0.2) is 55.0 Å². The molecular weight excluding hydrogens is 366 g/mol. The van der Waals surface area contributed by atoms with E-state index in [1.807, 2.05) is 37.3 Å². The molecular formula is C22H25N5O2. The van der Waals surface area contributed by atoms with E-state index >= 15 is 0 Å². The van der Waals surface area contributed by atoms with Gasteiger partial charge in [-0.25, -0.2) is 9.97 Å². The van der Waals surface area contributed by atoms with Gasteiger partial charge in [-0.15, -0.1) is 0 Å². The maximum absolute atomic E-state index is 12.0. The van der Waals surface area contributed by atoms with Crippen LogP contribution in [-0.2, 0) is 6.42 Å². The molecule has 0 bridgehead atoms.